The summed E-state index contributed by atoms with van der Waals surface area (Å²) in [5.41, 5.74) is 1.96. The van der Waals surface area contributed by atoms with Crippen LogP contribution in [-0.2, 0) is 4.79 Å². The zero-order valence-corrected chi connectivity index (χ0v) is 22.9. The minimum absolute atomic E-state index is 0.475. The van der Waals surface area contributed by atoms with E-state index in [1.54, 1.807) is 13.2 Å². The Bertz CT molecular complexity index is 1110. The van der Waals surface area contributed by atoms with E-state index in [0.717, 1.165) is 22.6 Å². The molecular weight excluding hydrogens is 493 g/mol. The van der Waals surface area contributed by atoms with Crippen LogP contribution in [0.2, 0.25) is 0 Å². The van der Waals surface area contributed by atoms with Crippen LogP contribution >= 0.6 is 11.8 Å². The Balaban J connectivity index is 0.000000733. The van der Waals surface area contributed by atoms with E-state index < -0.39 is 6.17 Å². The van der Waals surface area contributed by atoms with Gasteiger partial charge in [-0.05, 0) is 69.6 Å². The van der Waals surface area contributed by atoms with E-state index in [-0.39, 0.29) is 0 Å². The zero-order valence-electron chi connectivity index (χ0n) is 22.0. The molecule has 0 unspecified atom stereocenters. The summed E-state index contributed by atoms with van der Waals surface area (Å²) in [5.74, 6) is 2.34. The van der Waals surface area contributed by atoms with Crippen molar-refractivity contribution in [3.63, 3.8) is 0 Å². The fourth-order valence-electron chi connectivity index (χ4n) is 3.41. The van der Waals surface area contributed by atoms with E-state index in [9.17, 15) is 4.39 Å². The minimum Gasteiger partial charge on any atom is -0.490 e. The Labute approximate surface area is 222 Å². The fraction of sp³-hybridized carbons (Fsp3) is 0.385. The molecule has 1 aliphatic rings. The highest BCUT2D eigenvalue weighted by Crippen LogP contribution is 2.39. The van der Waals surface area contributed by atoms with Crippen LogP contribution in [0.5, 0.6) is 5.75 Å². The first-order valence-electron chi connectivity index (χ1n) is 12.0. The average molecular weight is 530 g/mol. The van der Waals surface area contributed by atoms with Gasteiger partial charge < -0.3 is 25.1 Å². The number of hydrogen-bond donors (Lipinski definition) is 3. The Morgan fingerprint density at radius 3 is 2.35 bits per heavy atom. The predicted octanol–water partition coefficient (Wildman–Crippen LogP) is 5.79. The predicted molar refractivity (Wildman–Crippen MR) is 149 cm³/mol. The normalized spacial score (nSPS) is 12.9. The van der Waals surface area contributed by atoms with Crippen molar-refractivity contribution in [2.45, 2.75) is 49.8 Å². The molecule has 1 aromatic carbocycles. The van der Waals surface area contributed by atoms with Crippen molar-refractivity contribution in [3.05, 3.63) is 48.7 Å². The second-order valence-electron chi connectivity index (χ2n) is 7.95. The number of nitrogens with zero attached hydrogens (tertiary/aromatic N) is 4. The van der Waals surface area contributed by atoms with Gasteiger partial charge in [0.05, 0.1) is 7.11 Å². The number of nitrogens with one attached hydrogen (secondary N) is 3. The van der Waals surface area contributed by atoms with Crippen LogP contribution in [0.25, 0.3) is 0 Å². The number of anilines is 4. The number of carbonyl (C=O) groups is 1. The van der Waals surface area contributed by atoms with E-state index in [2.05, 4.69) is 32.3 Å². The van der Waals surface area contributed by atoms with Crippen molar-refractivity contribution in [2.75, 3.05) is 42.8 Å². The van der Waals surface area contributed by atoms with Crippen molar-refractivity contribution < 1.29 is 13.9 Å². The molecule has 4 rings (SSSR count). The third kappa shape index (κ3) is 9.09. The van der Waals surface area contributed by atoms with E-state index >= 15 is 0 Å². The van der Waals surface area contributed by atoms with Gasteiger partial charge in [0, 0.05) is 42.5 Å². The molecule has 2 aromatic heterocycles. The van der Waals surface area contributed by atoms with Crippen LogP contribution in [-0.4, -0.2) is 59.9 Å². The SMILES string of the molecule is C=CC.CC=O.CNc1ccc(Sc2nc(Nc3cc(C)[nH]n3)c(OC)c(N3CCC(F)CC3)n2)cc1. The van der Waals surface area contributed by atoms with Gasteiger partial charge in [-0.1, -0.05) is 6.08 Å². The largest absolute Gasteiger partial charge is 0.490 e. The lowest BCUT2D eigenvalue weighted by molar-refractivity contribution is -0.106. The second kappa shape index (κ2) is 15.5. The number of aromatic amines is 1. The number of halogens is 1. The molecule has 0 saturated carbocycles. The van der Waals surface area contributed by atoms with Crippen molar-refractivity contribution in [1.29, 1.82) is 0 Å². The third-order valence-electron chi connectivity index (χ3n) is 5.06. The number of alkyl halides is 1. The third-order valence-corrected chi connectivity index (χ3v) is 5.93. The smallest absolute Gasteiger partial charge is 0.204 e. The molecule has 0 radical (unpaired) electrons. The first kappa shape index (κ1) is 29.6. The van der Waals surface area contributed by atoms with Gasteiger partial charge in [-0.15, -0.1) is 6.58 Å². The summed E-state index contributed by atoms with van der Waals surface area (Å²) in [7, 11) is 3.48. The van der Waals surface area contributed by atoms with Crippen molar-refractivity contribution in [1.82, 2.24) is 20.2 Å². The standard InChI is InChI=1S/C21H26FN7OS.C3H6.C2H4O/c1-13-12-17(28-27-13)24-19-18(30-3)20(29-10-8-14(22)9-11-29)26-21(25-19)31-16-6-4-15(23-2)5-7-16;1-3-2;1-2-3/h4-7,12,14,23H,8-11H2,1-3H3,(H2,24,25,26,27,28);3H,1H2,2H3;2H,1H3. The van der Waals surface area contributed by atoms with E-state index in [4.69, 9.17) is 19.5 Å². The molecule has 3 N–H and O–H groups in total. The van der Waals surface area contributed by atoms with Crippen molar-refractivity contribution in [2.24, 2.45) is 0 Å². The Hall–Kier alpha value is -3.60. The number of benzene rings is 1. The number of rotatable bonds is 7. The number of hydrogen-bond acceptors (Lipinski definition) is 9. The molecule has 1 saturated heterocycles. The number of H-pyrrole nitrogens is 1. The first-order chi connectivity index (χ1) is 17.9. The number of aldehydes is 1. The molecule has 0 bridgehead atoms. The number of aromatic nitrogens is 4. The lowest BCUT2D eigenvalue weighted by atomic mass is 10.1. The second-order valence-corrected chi connectivity index (χ2v) is 9.00. The molecule has 9 nitrogen and oxygen atoms in total. The van der Waals surface area contributed by atoms with Crippen LogP contribution in [0.15, 0.2) is 53.0 Å². The summed E-state index contributed by atoms with van der Waals surface area (Å²) in [6.07, 6.45) is 2.68. The van der Waals surface area contributed by atoms with Gasteiger partial charge in [0.2, 0.25) is 5.75 Å². The van der Waals surface area contributed by atoms with Crippen LogP contribution in [0, 0.1) is 6.92 Å². The maximum Gasteiger partial charge on any atom is 0.204 e. The molecule has 3 heterocycles. The molecule has 3 aromatic rings. The van der Waals surface area contributed by atoms with Gasteiger partial charge >= 0.3 is 0 Å². The van der Waals surface area contributed by atoms with Crippen molar-refractivity contribution in [3.8, 4) is 5.75 Å². The number of allylic oxidation sites excluding steroid dienone is 1. The fourth-order valence-corrected chi connectivity index (χ4v) is 4.16. The molecular formula is C26H36FN7O2S. The summed E-state index contributed by atoms with van der Waals surface area (Å²) in [5, 5.41) is 14.1. The summed E-state index contributed by atoms with van der Waals surface area (Å²) in [6.45, 7) is 9.78. The van der Waals surface area contributed by atoms with E-state index in [0.29, 0.717) is 54.3 Å². The zero-order chi connectivity index (χ0) is 27.2. The van der Waals surface area contributed by atoms with Gasteiger partial charge in [0.25, 0.3) is 0 Å². The number of aryl methyl sites for hydroxylation is 1. The molecule has 0 atom stereocenters. The van der Waals surface area contributed by atoms with Crippen LogP contribution in [0.1, 0.15) is 32.4 Å². The Morgan fingerprint density at radius 2 is 1.84 bits per heavy atom. The number of methoxy groups -OCH3 is 1. The molecule has 200 valence electrons. The van der Waals surface area contributed by atoms with E-state index in [1.165, 1.54) is 18.7 Å². The average Bonchev–Trinajstić information content (AvgIpc) is 3.30. The molecule has 11 heteroatoms. The van der Waals surface area contributed by atoms with Crippen LogP contribution < -0.4 is 20.3 Å². The van der Waals surface area contributed by atoms with Gasteiger partial charge in [0.1, 0.15) is 12.5 Å². The number of piperidine rings is 1. The summed E-state index contributed by atoms with van der Waals surface area (Å²) in [6, 6.07) is 9.93. The minimum atomic E-state index is -0.770. The van der Waals surface area contributed by atoms with E-state index in [1.807, 2.05) is 51.2 Å². The molecule has 0 spiro atoms. The van der Waals surface area contributed by atoms with Crippen LogP contribution in [0.3, 0.4) is 0 Å². The molecule has 0 aliphatic carbocycles. The summed E-state index contributed by atoms with van der Waals surface area (Å²) in [4.78, 5) is 21.4. The molecule has 1 aliphatic heterocycles. The first-order valence-corrected chi connectivity index (χ1v) is 12.8. The van der Waals surface area contributed by atoms with Gasteiger partial charge in [0.15, 0.2) is 22.6 Å². The molecule has 1 fully saturated rings. The van der Waals surface area contributed by atoms with Gasteiger partial charge in [-0.3, -0.25) is 5.10 Å². The number of carbonyl (C=O) groups excluding carboxylic acids is 1. The number of ether oxygens (including phenoxy) is 1. The lowest BCUT2D eigenvalue weighted by Crippen LogP contribution is -2.35. The maximum atomic E-state index is 13.7. The quantitative estimate of drug-likeness (QED) is 0.199. The van der Waals surface area contributed by atoms with Gasteiger partial charge in [-0.25, -0.2) is 14.4 Å². The maximum absolute atomic E-state index is 13.7. The Kier molecular flexibility index (Phi) is 12.4. The van der Waals surface area contributed by atoms with Gasteiger partial charge in [-0.2, -0.15) is 5.10 Å². The highest BCUT2D eigenvalue weighted by atomic mass is 32.2. The lowest BCUT2D eigenvalue weighted by Gasteiger charge is -2.31. The van der Waals surface area contributed by atoms with Crippen molar-refractivity contribution >= 4 is 41.2 Å². The summed E-state index contributed by atoms with van der Waals surface area (Å²) < 4.78 is 19.4. The van der Waals surface area contributed by atoms with Crippen LogP contribution in [0.4, 0.5) is 27.5 Å². The highest BCUT2D eigenvalue weighted by molar-refractivity contribution is 7.99. The Morgan fingerprint density at radius 1 is 1.22 bits per heavy atom. The molecule has 0 amide bonds. The molecule has 37 heavy (non-hydrogen) atoms. The monoisotopic (exact) mass is 529 g/mol. The summed E-state index contributed by atoms with van der Waals surface area (Å²) >= 11 is 1.46. The topological polar surface area (TPSA) is 108 Å². The highest BCUT2D eigenvalue weighted by Gasteiger charge is 2.26.